The summed E-state index contributed by atoms with van der Waals surface area (Å²) in [7, 11) is 2.98. The zero-order chi connectivity index (χ0) is 8.32. The molecule has 11 heavy (non-hydrogen) atoms. The average molecular weight is 157 g/mol. The highest BCUT2D eigenvalue weighted by Crippen LogP contribution is 2.32. The fraction of sp³-hybridized carbons (Fsp3) is 0.750. The Balaban J connectivity index is 2.39. The zero-order valence-electron chi connectivity index (χ0n) is 6.76. The van der Waals surface area contributed by atoms with Crippen LogP contribution in [-0.4, -0.2) is 11.8 Å². The van der Waals surface area contributed by atoms with Crippen LogP contribution in [-0.2, 0) is 9.47 Å². The summed E-state index contributed by atoms with van der Waals surface area (Å²) in [5.74, 6) is 0. The third kappa shape index (κ3) is 2.10. The Morgan fingerprint density at radius 3 is 2.45 bits per heavy atom. The van der Waals surface area contributed by atoms with E-state index in [1.54, 1.807) is 0 Å². The Morgan fingerprint density at radius 1 is 1.45 bits per heavy atom. The van der Waals surface area contributed by atoms with Gasteiger partial charge >= 0.3 is 6.16 Å². The van der Waals surface area contributed by atoms with Gasteiger partial charge in [0.25, 0.3) is 0 Å². The number of carbonyl (C=O) groups excluding carboxylic acids is 1. The quantitative estimate of drug-likeness (QED) is 0.548. The predicted molar refractivity (Wildman–Crippen MR) is 39.8 cm³/mol. The van der Waals surface area contributed by atoms with E-state index < -0.39 is 6.16 Å². The Bertz CT molecular complexity index is 147. The van der Waals surface area contributed by atoms with Gasteiger partial charge in [-0.1, -0.05) is 0 Å². The molecule has 1 saturated carbocycles. The monoisotopic (exact) mass is 157 g/mol. The van der Waals surface area contributed by atoms with Crippen molar-refractivity contribution in [2.75, 3.05) is 0 Å². The van der Waals surface area contributed by atoms with E-state index in [1.165, 1.54) is 0 Å². The first-order valence-electron chi connectivity index (χ1n) is 3.81. The van der Waals surface area contributed by atoms with E-state index >= 15 is 0 Å². The summed E-state index contributed by atoms with van der Waals surface area (Å²) in [6.07, 6.45) is 3.45. The molecule has 1 aliphatic rings. The maximum atomic E-state index is 10.7. The molecule has 0 heterocycles. The van der Waals surface area contributed by atoms with Crippen LogP contribution in [0, 0.1) is 7.11 Å². The minimum absolute atomic E-state index is 0.297. The molecule has 0 aromatic heterocycles. The second kappa shape index (κ2) is 3.11. The fourth-order valence-electron chi connectivity index (χ4n) is 1.46. The molecule has 0 spiro atoms. The normalized spacial score (nSPS) is 21.3. The van der Waals surface area contributed by atoms with Crippen LogP contribution in [0.4, 0.5) is 4.79 Å². The Kier molecular flexibility index (Phi) is 2.37. The molecule has 0 N–H and O–H groups in total. The van der Waals surface area contributed by atoms with Crippen molar-refractivity contribution >= 4 is 6.16 Å². The molecule has 0 aromatic rings. The zero-order valence-corrected chi connectivity index (χ0v) is 6.76. The molecule has 0 amide bonds. The number of hydrogen-bond acceptors (Lipinski definition) is 3. The largest absolute Gasteiger partial charge is 0.508 e. The molecule has 1 rings (SSSR count). The molecule has 0 atom stereocenters. The van der Waals surface area contributed by atoms with E-state index in [4.69, 9.17) is 4.74 Å². The lowest BCUT2D eigenvalue weighted by molar-refractivity contribution is -0.00739. The molecule has 0 aliphatic heterocycles. The van der Waals surface area contributed by atoms with Gasteiger partial charge in [-0.05, 0) is 32.6 Å². The van der Waals surface area contributed by atoms with Crippen LogP contribution in [0.25, 0.3) is 0 Å². The van der Waals surface area contributed by atoms with Crippen molar-refractivity contribution in [3.05, 3.63) is 7.11 Å². The molecular formula is C8H13O3. The maximum Gasteiger partial charge on any atom is 0.508 e. The van der Waals surface area contributed by atoms with Crippen molar-refractivity contribution in [2.24, 2.45) is 0 Å². The van der Waals surface area contributed by atoms with Crippen molar-refractivity contribution < 1.29 is 14.3 Å². The van der Waals surface area contributed by atoms with Crippen molar-refractivity contribution in [2.45, 2.75) is 38.2 Å². The summed E-state index contributed by atoms with van der Waals surface area (Å²) in [6.45, 7) is 1.93. The molecule has 0 saturated heterocycles. The lowest BCUT2D eigenvalue weighted by Gasteiger charge is -2.22. The van der Waals surface area contributed by atoms with Crippen LogP contribution < -0.4 is 0 Å². The van der Waals surface area contributed by atoms with Crippen molar-refractivity contribution in [1.82, 2.24) is 0 Å². The lowest BCUT2D eigenvalue weighted by atomic mass is 10.1. The second-order valence-electron chi connectivity index (χ2n) is 3.15. The standard InChI is InChI=1S/C8H13O3/c1-8(5-3-4-6-8)11-7(9)10-2/h2-6H2,1H3. The van der Waals surface area contributed by atoms with Crippen molar-refractivity contribution in [3.8, 4) is 0 Å². The third-order valence-electron chi connectivity index (χ3n) is 2.11. The van der Waals surface area contributed by atoms with Gasteiger partial charge in [0.1, 0.15) is 12.7 Å². The maximum absolute atomic E-state index is 10.7. The summed E-state index contributed by atoms with van der Waals surface area (Å²) < 4.78 is 9.19. The SMILES string of the molecule is [CH2]OC(=O)OC1(C)CCCC1. The van der Waals surface area contributed by atoms with E-state index in [0.717, 1.165) is 25.7 Å². The van der Waals surface area contributed by atoms with Crippen LogP contribution in [0.3, 0.4) is 0 Å². The minimum atomic E-state index is -0.672. The molecule has 3 nitrogen and oxygen atoms in total. The smallest absolute Gasteiger partial charge is 0.431 e. The summed E-state index contributed by atoms with van der Waals surface area (Å²) in [5.41, 5.74) is -0.297. The van der Waals surface area contributed by atoms with Crippen LogP contribution in [0.2, 0.25) is 0 Å². The Hall–Kier alpha value is -0.730. The highest BCUT2D eigenvalue weighted by Gasteiger charge is 2.32. The van der Waals surface area contributed by atoms with E-state index in [9.17, 15) is 4.79 Å². The Morgan fingerprint density at radius 2 is 2.00 bits per heavy atom. The van der Waals surface area contributed by atoms with E-state index in [-0.39, 0.29) is 5.60 Å². The molecule has 1 radical (unpaired) electrons. The van der Waals surface area contributed by atoms with E-state index in [2.05, 4.69) is 11.8 Å². The van der Waals surface area contributed by atoms with Gasteiger partial charge in [0, 0.05) is 0 Å². The molecule has 0 bridgehead atoms. The average Bonchev–Trinajstić information content (AvgIpc) is 2.36. The number of ether oxygens (including phenoxy) is 2. The Labute approximate surface area is 66.7 Å². The van der Waals surface area contributed by atoms with E-state index in [0.29, 0.717) is 0 Å². The lowest BCUT2D eigenvalue weighted by Crippen LogP contribution is -2.27. The highest BCUT2D eigenvalue weighted by atomic mass is 16.7. The van der Waals surface area contributed by atoms with Gasteiger partial charge in [-0.15, -0.1) is 0 Å². The van der Waals surface area contributed by atoms with Crippen molar-refractivity contribution in [1.29, 1.82) is 0 Å². The first-order chi connectivity index (χ1) is 5.16. The topological polar surface area (TPSA) is 35.5 Å². The first kappa shape index (κ1) is 8.37. The number of hydrogen-bond donors (Lipinski definition) is 0. The molecule has 1 fully saturated rings. The number of rotatable bonds is 1. The van der Waals surface area contributed by atoms with Crippen LogP contribution in [0.15, 0.2) is 0 Å². The summed E-state index contributed by atoms with van der Waals surface area (Å²) in [4.78, 5) is 10.7. The van der Waals surface area contributed by atoms with Crippen LogP contribution in [0.5, 0.6) is 0 Å². The van der Waals surface area contributed by atoms with Gasteiger partial charge in [0.15, 0.2) is 0 Å². The summed E-state index contributed by atoms with van der Waals surface area (Å²) in [6, 6.07) is 0. The van der Waals surface area contributed by atoms with Gasteiger partial charge in [-0.25, -0.2) is 4.79 Å². The van der Waals surface area contributed by atoms with Crippen molar-refractivity contribution in [3.63, 3.8) is 0 Å². The third-order valence-corrected chi connectivity index (χ3v) is 2.11. The molecular weight excluding hydrogens is 144 g/mol. The molecule has 1 aliphatic carbocycles. The molecule has 3 heteroatoms. The predicted octanol–water partition coefficient (Wildman–Crippen LogP) is 2.26. The van der Waals surface area contributed by atoms with Gasteiger partial charge in [0.05, 0.1) is 0 Å². The van der Waals surface area contributed by atoms with Gasteiger partial charge in [0.2, 0.25) is 0 Å². The fourth-order valence-corrected chi connectivity index (χ4v) is 1.46. The van der Waals surface area contributed by atoms with E-state index in [1.807, 2.05) is 6.92 Å². The first-order valence-corrected chi connectivity index (χ1v) is 3.81. The van der Waals surface area contributed by atoms with Gasteiger partial charge in [-0.3, -0.25) is 0 Å². The highest BCUT2D eigenvalue weighted by molar-refractivity contribution is 5.60. The van der Waals surface area contributed by atoms with Crippen LogP contribution >= 0.6 is 0 Å². The summed E-state index contributed by atoms with van der Waals surface area (Å²) >= 11 is 0. The minimum Gasteiger partial charge on any atom is -0.431 e. The van der Waals surface area contributed by atoms with Gasteiger partial charge < -0.3 is 9.47 Å². The summed E-state index contributed by atoms with van der Waals surface area (Å²) in [5, 5.41) is 0. The van der Waals surface area contributed by atoms with Gasteiger partial charge in [-0.2, -0.15) is 0 Å². The van der Waals surface area contributed by atoms with Crippen LogP contribution in [0.1, 0.15) is 32.6 Å². The molecule has 63 valence electrons. The number of carbonyl (C=O) groups is 1. The molecule has 0 aromatic carbocycles. The second-order valence-corrected chi connectivity index (χ2v) is 3.15. The molecule has 0 unspecified atom stereocenters.